The topological polar surface area (TPSA) is 44.5 Å². The summed E-state index contributed by atoms with van der Waals surface area (Å²) in [5, 5.41) is 0. The lowest BCUT2D eigenvalue weighted by Crippen LogP contribution is -2.10. The molecule has 0 fully saturated rings. The number of hydrogen-bond donors (Lipinski definition) is 0. The number of thioether (sulfide) groups is 1. The maximum atomic E-state index is 5.93. The van der Waals surface area contributed by atoms with Gasteiger partial charge in [0.05, 0.1) is 0 Å². The van der Waals surface area contributed by atoms with Crippen LogP contribution >= 0.6 is 11.8 Å². The van der Waals surface area contributed by atoms with Crippen LogP contribution in [0.3, 0.4) is 0 Å². The first-order valence-electron chi connectivity index (χ1n) is 10.2. The van der Waals surface area contributed by atoms with Crippen LogP contribution in [0.1, 0.15) is 37.3 Å². The second-order valence-electron chi connectivity index (χ2n) is 6.70. The summed E-state index contributed by atoms with van der Waals surface area (Å²) in [6, 6.07) is 18.2. The number of benzene rings is 2. The molecular formula is C24H29NO3S. The maximum Gasteiger partial charge on any atom is 0.226 e. The van der Waals surface area contributed by atoms with Gasteiger partial charge in [-0.05, 0) is 62.3 Å². The zero-order valence-corrected chi connectivity index (χ0v) is 18.2. The standard InChI is InChI=1S/C24H29NO3S/c1-4-26-23(29-5-2)16-13-19-11-14-21(15-12-19)27-17-22-18(3)28-24(25-22)20-9-7-6-8-10-20/h6-12,14-15,23H,4-5,13,16-17H2,1-3H3/t23-/m0/s1. The molecule has 5 heteroatoms. The van der Waals surface area contributed by atoms with Crippen molar-refractivity contribution < 1.29 is 13.9 Å². The minimum absolute atomic E-state index is 0.273. The molecule has 0 aliphatic carbocycles. The molecule has 0 saturated heterocycles. The summed E-state index contributed by atoms with van der Waals surface area (Å²) in [6.45, 7) is 7.29. The number of rotatable bonds is 11. The van der Waals surface area contributed by atoms with Gasteiger partial charge in [-0.15, -0.1) is 11.8 Å². The van der Waals surface area contributed by atoms with Gasteiger partial charge in [-0.2, -0.15) is 0 Å². The van der Waals surface area contributed by atoms with E-state index in [9.17, 15) is 0 Å². The molecule has 0 bridgehead atoms. The number of aryl methyl sites for hydroxylation is 2. The molecule has 0 radical (unpaired) electrons. The third-order valence-corrected chi connectivity index (χ3v) is 5.66. The average Bonchev–Trinajstić information content (AvgIpc) is 3.13. The van der Waals surface area contributed by atoms with Gasteiger partial charge < -0.3 is 13.9 Å². The Kier molecular flexibility index (Phi) is 8.20. The molecule has 1 aromatic heterocycles. The average molecular weight is 412 g/mol. The quantitative estimate of drug-likeness (QED) is 0.348. The van der Waals surface area contributed by atoms with Gasteiger partial charge in [-0.25, -0.2) is 4.98 Å². The fourth-order valence-electron chi connectivity index (χ4n) is 3.04. The molecule has 0 N–H and O–H groups in total. The van der Waals surface area contributed by atoms with Crippen molar-refractivity contribution in [1.29, 1.82) is 0 Å². The van der Waals surface area contributed by atoms with Gasteiger partial charge in [0, 0.05) is 12.2 Å². The molecule has 0 saturated carbocycles. The minimum atomic E-state index is 0.273. The summed E-state index contributed by atoms with van der Waals surface area (Å²) in [5.41, 5.74) is 3.36. The third kappa shape index (κ3) is 6.38. The van der Waals surface area contributed by atoms with Crippen molar-refractivity contribution in [1.82, 2.24) is 4.98 Å². The normalized spacial score (nSPS) is 12.1. The smallest absolute Gasteiger partial charge is 0.226 e. The Morgan fingerprint density at radius 3 is 2.48 bits per heavy atom. The highest BCUT2D eigenvalue weighted by Crippen LogP contribution is 2.23. The summed E-state index contributed by atoms with van der Waals surface area (Å²) in [7, 11) is 0. The molecule has 3 rings (SSSR count). The molecule has 0 spiro atoms. The van der Waals surface area contributed by atoms with Crippen LogP contribution in [0.4, 0.5) is 0 Å². The Hall–Kier alpha value is -2.24. The van der Waals surface area contributed by atoms with E-state index in [1.165, 1.54) is 5.56 Å². The van der Waals surface area contributed by atoms with Crippen LogP contribution in [0.5, 0.6) is 5.75 Å². The van der Waals surface area contributed by atoms with Crippen LogP contribution in [-0.2, 0) is 17.8 Å². The van der Waals surface area contributed by atoms with Crippen LogP contribution in [0.2, 0.25) is 0 Å². The molecule has 1 atom stereocenters. The molecular weight excluding hydrogens is 382 g/mol. The van der Waals surface area contributed by atoms with E-state index < -0.39 is 0 Å². The Balaban J connectivity index is 1.53. The highest BCUT2D eigenvalue weighted by atomic mass is 32.2. The fraction of sp³-hybridized carbons (Fsp3) is 0.375. The Labute approximate surface area is 177 Å². The number of hydrogen-bond acceptors (Lipinski definition) is 5. The molecule has 3 aromatic rings. The molecule has 2 aromatic carbocycles. The molecule has 0 aliphatic heterocycles. The third-order valence-electron chi connectivity index (χ3n) is 4.59. The predicted octanol–water partition coefficient (Wildman–Crippen LogP) is 6.28. The van der Waals surface area contributed by atoms with Crippen molar-refractivity contribution in [3.63, 3.8) is 0 Å². The first-order chi connectivity index (χ1) is 14.2. The minimum Gasteiger partial charge on any atom is -0.487 e. The monoisotopic (exact) mass is 411 g/mol. The van der Waals surface area contributed by atoms with Gasteiger partial charge in [0.2, 0.25) is 5.89 Å². The van der Waals surface area contributed by atoms with E-state index in [0.717, 1.165) is 48.0 Å². The molecule has 154 valence electrons. The zero-order chi connectivity index (χ0) is 20.5. The maximum absolute atomic E-state index is 5.93. The van der Waals surface area contributed by atoms with Gasteiger partial charge >= 0.3 is 0 Å². The van der Waals surface area contributed by atoms with Crippen molar-refractivity contribution in [2.24, 2.45) is 0 Å². The predicted molar refractivity (Wildman–Crippen MR) is 119 cm³/mol. The number of aromatic nitrogens is 1. The summed E-state index contributed by atoms with van der Waals surface area (Å²) in [4.78, 5) is 4.59. The second kappa shape index (κ2) is 11.1. The van der Waals surface area contributed by atoms with Gasteiger partial charge in [-0.3, -0.25) is 0 Å². The first-order valence-corrected chi connectivity index (χ1v) is 11.2. The van der Waals surface area contributed by atoms with E-state index in [1.54, 1.807) is 0 Å². The van der Waals surface area contributed by atoms with Gasteiger partial charge in [0.1, 0.15) is 29.2 Å². The van der Waals surface area contributed by atoms with Crippen LogP contribution in [0, 0.1) is 6.92 Å². The Morgan fingerprint density at radius 1 is 1.03 bits per heavy atom. The largest absolute Gasteiger partial charge is 0.487 e. The van der Waals surface area contributed by atoms with Crippen LogP contribution in [0.25, 0.3) is 11.5 Å². The zero-order valence-electron chi connectivity index (χ0n) is 17.4. The molecule has 0 unspecified atom stereocenters. The lowest BCUT2D eigenvalue weighted by molar-refractivity contribution is 0.119. The lowest BCUT2D eigenvalue weighted by Gasteiger charge is -2.15. The highest BCUT2D eigenvalue weighted by Gasteiger charge is 2.12. The summed E-state index contributed by atoms with van der Waals surface area (Å²) < 4.78 is 17.5. The van der Waals surface area contributed by atoms with E-state index >= 15 is 0 Å². The molecule has 0 amide bonds. The fourth-order valence-corrected chi connectivity index (χ4v) is 3.93. The van der Waals surface area contributed by atoms with E-state index in [2.05, 4.69) is 31.0 Å². The number of nitrogens with zero attached hydrogens (tertiary/aromatic N) is 1. The Morgan fingerprint density at radius 2 is 1.79 bits per heavy atom. The summed E-state index contributed by atoms with van der Waals surface area (Å²) in [5.74, 6) is 3.33. The molecule has 29 heavy (non-hydrogen) atoms. The van der Waals surface area contributed by atoms with Gasteiger partial charge in [0.25, 0.3) is 0 Å². The SMILES string of the molecule is CCO[C@H](CCc1ccc(OCc2nc(-c3ccccc3)oc2C)cc1)SCC. The van der Waals surface area contributed by atoms with E-state index in [4.69, 9.17) is 13.9 Å². The summed E-state index contributed by atoms with van der Waals surface area (Å²) >= 11 is 1.87. The van der Waals surface area contributed by atoms with Crippen molar-refractivity contribution >= 4 is 11.8 Å². The molecule has 1 heterocycles. The van der Waals surface area contributed by atoms with Gasteiger partial charge in [-0.1, -0.05) is 37.3 Å². The first kappa shape index (κ1) is 21.5. The van der Waals surface area contributed by atoms with Crippen LogP contribution in [0.15, 0.2) is 59.0 Å². The van der Waals surface area contributed by atoms with Crippen molar-refractivity contribution in [3.05, 3.63) is 71.6 Å². The Bertz CT molecular complexity index is 856. The van der Waals surface area contributed by atoms with Gasteiger partial charge in [0.15, 0.2) is 0 Å². The van der Waals surface area contributed by atoms with Crippen LogP contribution in [-0.4, -0.2) is 22.8 Å². The van der Waals surface area contributed by atoms with Crippen LogP contribution < -0.4 is 4.74 Å². The van der Waals surface area contributed by atoms with E-state index in [0.29, 0.717) is 12.5 Å². The van der Waals surface area contributed by atoms with Crippen molar-refractivity contribution in [2.45, 2.75) is 45.7 Å². The van der Waals surface area contributed by atoms with E-state index in [1.807, 2.05) is 61.2 Å². The van der Waals surface area contributed by atoms with E-state index in [-0.39, 0.29) is 5.44 Å². The molecule has 0 aliphatic rings. The molecule has 4 nitrogen and oxygen atoms in total. The lowest BCUT2D eigenvalue weighted by atomic mass is 10.1. The second-order valence-corrected chi connectivity index (χ2v) is 8.14. The van der Waals surface area contributed by atoms with Crippen molar-refractivity contribution in [2.75, 3.05) is 12.4 Å². The number of oxazole rings is 1. The van der Waals surface area contributed by atoms with Crippen molar-refractivity contribution in [3.8, 4) is 17.2 Å². The summed E-state index contributed by atoms with van der Waals surface area (Å²) in [6.07, 6.45) is 2.02. The highest BCUT2D eigenvalue weighted by molar-refractivity contribution is 7.99. The number of ether oxygens (including phenoxy) is 2.